The van der Waals surface area contributed by atoms with E-state index in [4.69, 9.17) is 22.9 Å². The molecule has 0 aromatic rings. The van der Waals surface area contributed by atoms with Crippen molar-refractivity contribution in [3.63, 3.8) is 0 Å². The van der Waals surface area contributed by atoms with Crippen molar-refractivity contribution in [2.45, 2.75) is 6.04 Å². The highest BCUT2D eigenvalue weighted by molar-refractivity contribution is 5.83. The molecule has 6 heteroatoms. The maximum Gasteiger partial charge on any atom is 0.240 e. The summed E-state index contributed by atoms with van der Waals surface area (Å²) in [5, 5.41) is 0. The molecule has 0 aromatic carbocycles. The predicted octanol–water partition coefficient (Wildman–Crippen LogP) is -2.41. The van der Waals surface area contributed by atoms with E-state index in [1.807, 2.05) is 0 Å². The molecule has 1 unspecified atom stereocenters. The van der Waals surface area contributed by atoms with E-state index in [-0.39, 0.29) is 11.5 Å². The van der Waals surface area contributed by atoms with Crippen molar-refractivity contribution < 1.29 is 4.79 Å². The van der Waals surface area contributed by atoms with Gasteiger partial charge in [0.05, 0.1) is 0 Å². The number of carbonyl (C=O) groups excluding carboxylic acids is 1. The molecule has 0 aliphatic rings. The largest absolute Gasteiger partial charge is 0.384 e. The van der Waals surface area contributed by atoms with Gasteiger partial charge in [0.1, 0.15) is 17.6 Å². The quantitative estimate of drug-likeness (QED) is 0.339. The molecular weight excluding hydrogens is 146 g/mol. The molecule has 0 bridgehead atoms. The molecule has 0 saturated carbocycles. The van der Waals surface area contributed by atoms with Gasteiger partial charge in [0.2, 0.25) is 5.91 Å². The van der Waals surface area contributed by atoms with Crippen LogP contribution in [-0.2, 0) is 4.79 Å². The molecule has 0 aliphatic heterocycles. The molecule has 0 heterocycles. The second-order valence-corrected chi connectivity index (χ2v) is 1.88. The predicted molar refractivity (Wildman–Crippen MR) is 42.1 cm³/mol. The molecule has 8 N–H and O–H groups in total. The van der Waals surface area contributed by atoms with Gasteiger partial charge in [-0.2, -0.15) is 0 Å². The van der Waals surface area contributed by atoms with Gasteiger partial charge in [-0.05, 0) is 6.72 Å². The topological polar surface area (TPSA) is 134 Å². The Labute approximate surface area is 63.9 Å². The van der Waals surface area contributed by atoms with E-state index >= 15 is 0 Å². The minimum atomic E-state index is -1.09. The lowest BCUT2D eigenvalue weighted by atomic mass is 10.2. The van der Waals surface area contributed by atoms with Crippen LogP contribution < -0.4 is 22.9 Å². The number of hydrogen-bond donors (Lipinski definition) is 4. The van der Waals surface area contributed by atoms with E-state index in [1.165, 1.54) is 0 Å². The summed E-state index contributed by atoms with van der Waals surface area (Å²) in [6.45, 7) is 3.13. The number of amides is 1. The van der Waals surface area contributed by atoms with E-state index in [0.29, 0.717) is 0 Å². The lowest BCUT2D eigenvalue weighted by Gasteiger charge is -2.08. The molecule has 0 aromatic heterocycles. The summed E-state index contributed by atoms with van der Waals surface area (Å²) in [7, 11) is 0. The highest BCUT2D eigenvalue weighted by Crippen LogP contribution is 2.00. The number of aliphatic imine (C=N–C) groups is 1. The molecule has 0 fully saturated rings. The first-order chi connectivity index (χ1) is 5.00. The fourth-order valence-corrected chi connectivity index (χ4v) is 0.504. The summed E-state index contributed by atoms with van der Waals surface area (Å²) in [6, 6.07) is -1.09. The van der Waals surface area contributed by atoms with Gasteiger partial charge in [-0.1, -0.05) is 0 Å². The minimum absolute atomic E-state index is 0.0116. The van der Waals surface area contributed by atoms with Crippen molar-refractivity contribution in [2.24, 2.45) is 27.9 Å². The summed E-state index contributed by atoms with van der Waals surface area (Å²) in [6.07, 6.45) is 0. The molecule has 6 nitrogen and oxygen atoms in total. The van der Waals surface area contributed by atoms with Crippen molar-refractivity contribution in [3.05, 3.63) is 11.5 Å². The Hall–Kier alpha value is -1.56. The van der Waals surface area contributed by atoms with Gasteiger partial charge in [-0.3, -0.25) is 9.79 Å². The number of rotatable bonds is 3. The fraction of sp³-hybridized carbons (Fsp3) is 0.200. The first-order valence-corrected chi connectivity index (χ1v) is 2.77. The first-order valence-electron chi connectivity index (χ1n) is 2.77. The van der Waals surface area contributed by atoms with E-state index < -0.39 is 11.9 Å². The molecule has 11 heavy (non-hydrogen) atoms. The minimum Gasteiger partial charge on any atom is -0.384 e. The van der Waals surface area contributed by atoms with Crippen LogP contribution in [0, 0.1) is 0 Å². The van der Waals surface area contributed by atoms with Crippen molar-refractivity contribution in [1.29, 1.82) is 0 Å². The van der Waals surface area contributed by atoms with Crippen LogP contribution in [0.1, 0.15) is 0 Å². The van der Waals surface area contributed by atoms with Crippen molar-refractivity contribution in [2.75, 3.05) is 0 Å². The molecule has 0 aliphatic carbocycles. The highest BCUT2D eigenvalue weighted by Gasteiger charge is 2.15. The zero-order valence-corrected chi connectivity index (χ0v) is 5.95. The van der Waals surface area contributed by atoms with Gasteiger partial charge in [0, 0.05) is 0 Å². The van der Waals surface area contributed by atoms with Gasteiger partial charge in [-0.25, -0.2) is 0 Å². The summed E-state index contributed by atoms with van der Waals surface area (Å²) in [5.74, 6) is -0.896. The van der Waals surface area contributed by atoms with Crippen molar-refractivity contribution in [1.82, 2.24) is 0 Å². The van der Waals surface area contributed by atoms with Gasteiger partial charge >= 0.3 is 0 Å². The summed E-state index contributed by atoms with van der Waals surface area (Å²) in [4.78, 5) is 13.8. The third-order valence-corrected chi connectivity index (χ3v) is 1.07. The Balaban J connectivity index is 4.67. The van der Waals surface area contributed by atoms with Crippen LogP contribution in [0.25, 0.3) is 0 Å². The third-order valence-electron chi connectivity index (χ3n) is 1.07. The van der Waals surface area contributed by atoms with Crippen LogP contribution in [0.4, 0.5) is 0 Å². The van der Waals surface area contributed by atoms with Crippen LogP contribution in [0.15, 0.2) is 16.5 Å². The molecular formula is C5H11N5O. The number of carbonyl (C=O) groups is 1. The van der Waals surface area contributed by atoms with Crippen LogP contribution in [0.2, 0.25) is 0 Å². The second-order valence-electron chi connectivity index (χ2n) is 1.88. The van der Waals surface area contributed by atoms with Crippen molar-refractivity contribution >= 4 is 12.6 Å². The molecule has 1 atom stereocenters. The van der Waals surface area contributed by atoms with E-state index in [1.54, 1.807) is 0 Å². The van der Waals surface area contributed by atoms with E-state index in [2.05, 4.69) is 11.7 Å². The standard InChI is InChI=1S/C5H11N5O/c1-10-3(4(7)8)2(6)5(9)11/h2H,1,6-8H2,(H2,9,11). The maximum absolute atomic E-state index is 10.5. The Morgan fingerprint density at radius 3 is 1.91 bits per heavy atom. The molecule has 62 valence electrons. The van der Waals surface area contributed by atoms with Crippen LogP contribution in [0.3, 0.4) is 0 Å². The van der Waals surface area contributed by atoms with Gasteiger partial charge < -0.3 is 22.9 Å². The third kappa shape index (κ3) is 2.26. The molecule has 0 rings (SSSR count). The van der Waals surface area contributed by atoms with Crippen LogP contribution in [0.5, 0.6) is 0 Å². The van der Waals surface area contributed by atoms with Gasteiger partial charge in [0.25, 0.3) is 0 Å². The average molecular weight is 157 g/mol. The normalized spacial score (nSPS) is 11.7. The maximum atomic E-state index is 10.5. The molecule has 1 amide bonds. The number of primary amides is 1. The Kier molecular flexibility index (Phi) is 3.06. The monoisotopic (exact) mass is 157 g/mol. The number of nitrogens with zero attached hydrogens (tertiary/aromatic N) is 1. The SMILES string of the molecule is C=NC(=C(N)N)C(N)C(N)=O. The van der Waals surface area contributed by atoms with E-state index in [9.17, 15) is 4.79 Å². The average Bonchev–Trinajstić information content (AvgIpc) is 1.88. The first kappa shape index (κ1) is 9.44. The highest BCUT2D eigenvalue weighted by atomic mass is 16.1. The fourth-order valence-electron chi connectivity index (χ4n) is 0.504. The Morgan fingerprint density at radius 2 is 1.82 bits per heavy atom. The smallest absolute Gasteiger partial charge is 0.240 e. The second kappa shape index (κ2) is 3.57. The molecule has 0 radical (unpaired) electrons. The molecule has 0 saturated heterocycles. The number of nitrogens with two attached hydrogens (primary N) is 4. The summed E-state index contributed by atoms with van der Waals surface area (Å²) >= 11 is 0. The van der Waals surface area contributed by atoms with Gasteiger partial charge in [-0.15, -0.1) is 0 Å². The lowest BCUT2D eigenvalue weighted by molar-refractivity contribution is -0.118. The van der Waals surface area contributed by atoms with Crippen LogP contribution in [-0.4, -0.2) is 18.7 Å². The zero-order chi connectivity index (χ0) is 9.02. The lowest BCUT2D eigenvalue weighted by Crippen LogP contribution is -2.39. The van der Waals surface area contributed by atoms with Crippen molar-refractivity contribution in [3.8, 4) is 0 Å². The summed E-state index contributed by atoms with van der Waals surface area (Å²) < 4.78 is 0. The number of hydrogen-bond acceptors (Lipinski definition) is 5. The van der Waals surface area contributed by atoms with Gasteiger partial charge in [0.15, 0.2) is 0 Å². The Morgan fingerprint density at radius 1 is 1.36 bits per heavy atom. The van der Waals surface area contributed by atoms with Crippen LogP contribution >= 0.6 is 0 Å². The Bertz CT molecular complexity index is 205. The zero-order valence-electron chi connectivity index (χ0n) is 5.95. The molecule has 0 spiro atoms. The summed E-state index contributed by atoms with van der Waals surface area (Å²) in [5.41, 5.74) is 20.4. The van der Waals surface area contributed by atoms with E-state index in [0.717, 1.165) is 0 Å².